The van der Waals surface area contributed by atoms with Crippen LogP contribution in [0.2, 0.25) is 0 Å². The van der Waals surface area contributed by atoms with Crippen molar-refractivity contribution in [2.24, 2.45) is 5.73 Å². The summed E-state index contributed by atoms with van der Waals surface area (Å²) in [5.41, 5.74) is 5.43. The second-order valence-electron chi connectivity index (χ2n) is 2.31. The van der Waals surface area contributed by atoms with E-state index in [0.717, 1.165) is 6.42 Å². The maximum atomic E-state index is 5.43. The molecule has 1 nitrogen and oxygen atoms in total. The van der Waals surface area contributed by atoms with Crippen LogP contribution in [-0.2, 0) is 0 Å². The molecule has 13 heavy (non-hydrogen) atoms. The summed E-state index contributed by atoms with van der Waals surface area (Å²) in [7, 11) is 2.47. The zero-order chi connectivity index (χ0) is 11.1. The zero-order valence-corrected chi connectivity index (χ0v) is 10.9. The fourth-order valence-electron chi connectivity index (χ4n) is 0.351. The van der Waals surface area contributed by atoms with E-state index in [2.05, 4.69) is 15.3 Å². The molecule has 0 aliphatic heterocycles. The second kappa shape index (κ2) is 22.6. The van der Waals surface area contributed by atoms with Gasteiger partial charge in [-0.05, 0) is 27.2 Å². The average Bonchev–Trinajstić information content (AvgIpc) is 2.18. The Labute approximate surface area is 86.7 Å². The lowest BCUT2D eigenvalue weighted by atomic mass is 10.2. The first-order valence-electron chi connectivity index (χ1n) is 4.88. The maximum absolute atomic E-state index is 5.43. The highest BCUT2D eigenvalue weighted by molar-refractivity contribution is 7.20. The molecule has 0 aliphatic rings. The Hall–Kier alpha value is -0.130. The van der Waals surface area contributed by atoms with Gasteiger partial charge >= 0.3 is 0 Å². The smallest absolute Gasteiger partial charge is 0.00449 e. The summed E-state index contributed by atoms with van der Waals surface area (Å²) in [6.07, 6.45) is 7.05. The molecule has 0 saturated heterocycles. The van der Waals surface area contributed by atoms with Crippen LogP contribution in [0.3, 0.4) is 0 Å². The molecule has 0 radical (unpaired) electrons. The Morgan fingerprint density at radius 2 is 1.62 bits per heavy atom. The number of hydrogen-bond acceptors (Lipinski definition) is 1. The molecule has 0 heterocycles. The van der Waals surface area contributed by atoms with E-state index >= 15 is 0 Å². The van der Waals surface area contributed by atoms with E-state index in [1.165, 1.54) is 0 Å². The summed E-state index contributed by atoms with van der Waals surface area (Å²) in [6, 6.07) is 0.316. The van der Waals surface area contributed by atoms with Gasteiger partial charge in [0.1, 0.15) is 0 Å². The predicted octanol–water partition coefficient (Wildman–Crippen LogP) is 3.72. The SMILES string of the molecule is C/C=C/P.C/C=C\CC(C)N.CC. The van der Waals surface area contributed by atoms with Gasteiger partial charge in [-0.3, -0.25) is 0 Å². The fraction of sp³-hybridized carbons (Fsp3) is 0.636. The first-order chi connectivity index (χ1) is 6.18. The van der Waals surface area contributed by atoms with E-state index in [4.69, 9.17) is 5.73 Å². The number of hydrogen-bond donors (Lipinski definition) is 1. The molecule has 2 heteroatoms. The van der Waals surface area contributed by atoms with Gasteiger partial charge < -0.3 is 5.73 Å². The van der Waals surface area contributed by atoms with Crippen molar-refractivity contribution >= 4 is 9.24 Å². The molecule has 2 N–H and O–H groups in total. The first kappa shape index (κ1) is 18.6. The van der Waals surface area contributed by atoms with Crippen molar-refractivity contribution in [1.29, 1.82) is 0 Å². The van der Waals surface area contributed by atoms with Crippen LogP contribution in [0.5, 0.6) is 0 Å². The van der Waals surface area contributed by atoms with Crippen LogP contribution >= 0.6 is 9.24 Å². The zero-order valence-electron chi connectivity index (χ0n) is 9.75. The molecule has 0 saturated carbocycles. The van der Waals surface area contributed by atoms with Crippen molar-refractivity contribution in [1.82, 2.24) is 0 Å². The Bertz CT molecular complexity index is 103. The lowest BCUT2D eigenvalue weighted by Gasteiger charge is -1.94. The van der Waals surface area contributed by atoms with Gasteiger partial charge in [0.2, 0.25) is 0 Å². The molecule has 80 valence electrons. The molecular weight excluding hydrogens is 177 g/mol. The number of rotatable bonds is 2. The van der Waals surface area contributed by atoms with E-state index in [9.17, 15) is 0 Å². The first-order valence-corrected chi connectivity index (χ1v) is 5.55. The van der Waals surface area contributed by atoms with Crippen LogP contribution in [0.4, 0.5) is 0 Å². The van der Waals surface area contributed by atoms with Crippen molar-refractivity contribution in [2.75, 3.05) is 0 Å². The molecule has 2 atom stereocenters. The molecule has 0 spiro atoms. The summed E-state index contributed by atoms with van der Waals surface area (Å²) < 4.78 is 0. The Morgan fingerprint density at radius 3 is 1.69 bits per heavy atom. The standard InChI is InChI=1S/C6H13N.C3H7P.C2H6/c1-3-4-5-6(2)7;1-2-3-4;1-2/h3-4,6H,5,7H2,1-2H3;2-3H,4H2,1H3;1-2H3/b4-3-;3-2+;. The largest absolute Gasteiger partial charge is 0.328 e. The van der Waals surface area contributed by atoms with Crippen LogP contribution in [0.25, 0.3) is 0 Å². The molecule has 0 aliphatic carbocycles. The molecule has 0 rings (SSSR count). The Kier molecular flexibility index (Phi) is 32.4. The summed E-state index contributed by atoms with van der Waals surface area (Å²) in [5, 5.41) is 0. The van der Waals surface area contributed by atoms with Crippen LogP contribution < -0.4 is 5.73 Å². The van der Waals surface area contributed by atoms with Gasteiger partial charge in [-0.25, -0.2) is 0 Å². The van der Waals surface area contributed by atoms with Crippen molar-refractivity contribution < 1.29 is 0 Å². The Morgan fingerprint density at radius 1 is 1.23 bits per heavy atom. The van der Waals surface area contributed by atoms with Gasteiger partial charge in [0.05, 0.1) is 0 Å². The molecule has 0 amide bonds. The summed E-state index contributed by atoms with van der Waals surface area (Å²) >= 11 is 0. The van der Waals surface area contributed by atoms with Gasteiger partial charge in [0.15, 0.2) is 0 Å². The van der Waals surface area contributed by atoms with E-state index in [1.807, 2.05) is 52.6 Å². The summed E-state index contributed by atoms with van der Waals surface area (Å²) in [6.45, 7) is 9.98. The van der Waals surface area contributed by atoms with Gasteiger partial charge in [0.25, 0.3) is 0 Å². The molecular formula is C11H26NP. The van der Waals surface area contributed by atoms with E-state index < -0.39 is 0 Å². The molecule has 0 aromatic heterocycles. The lowest BCUT2D eigenvalue weighted by molar-refractivity contribution is 0.756. The van der Waals surface area contributed by atoms with Crippen LogP contribution in [0.15, 0.2) is 24.0 Å². The molecule has 2 unspecified atom stereocenters. The van der Waals surface area contributed by atoms with Gasteiger partial charge in [-0.2, -0.15) is 0 Å². The highest BCUT2D eigenvalue weighted by Crippen LogP contribution is 1.85. The molecule has 0 aromatic carbocycles. The Balaban J connectivity index is -0.000000142. The quantitative estimate of drug-likeness (QED) is 0.537. The minimum Gasteiger partial charge on any atom is -0.328 e. The predicted molar refractivity (Wildman–Crippen MR) is 69.0 cm³/mol. The third kappa shape index (κ3) is 48.8. The molecule has 0 aromatic rings. The summed E-state index contributed by atoms with van der Waals surface area (Å²) in [5.74, 6) is 1.92. The minimum absolute atomic E-state index is 0.316. The monoisotopic (exact) mass is 203 g/mol. The van der Waals surface area contributed by atoms with Gasteiger partial charge in [-0.15, -0.1) is 9.24 Å². The number of nitrogens with two attached hydrogens (primary N) is 1. The fourth-order valence-corrected chi connectivity index (χ4v) is 0.351. The van der Waals surface area contributed by atoms with Crippen LogP contribution in [0.1, 0.15) is 41.0 Å². The van der Waals surface area contributed by atoms with Crippen molar-refractivity contribution in [3.05, 3.63) is 24.0 Å². The van der Waals surface area contributed by atoms with Crippen molar-refractivity contribution in [3.63, 3.8) is 0 Å². The van der Waals surface area contributed by atoms with Crippen LogP contribution in [0, 0.1) is 0 Å². The normalized spacial score (nSPS) is 11.6. The topological polar surface area (TPSA) is 26.0 Å². The summed E-state index contributed by atoms with van der Waals surface area (Å²) in [4.78, 5) is 0. The van der Waals surface area contributed by atoms with Gasteiger partial charge in [-0.1, -0.05) is 37.9 Å². The van der Waals surface area contributed by atoms with Crippen LogP contribution in [-0.4, -0.2) is 6.04 Å². The highest BCUT2D eigenvalue weighted by atomic mass is 31.0. The highest BCUT2D eigenvalue weighted by Gasteiger charge is 1.83. The third-order valence-corrected chi connectivity index (χ3v) is 1.32. The maximum Gasteiger partial charge on any atom is 0.00449 e. The lowest BCUT2D eigenvalue weighted by Crippen LogP contribution is -2.12. The minimum atomic E-state index is 0.316. The second-order valence-corrected chi connectivity index (χ2v) is 2.69. The third-order valence-electron chi connectivity index (χ3n) is 0.936. The molecule has 0 bridgehead atoms. The molecule has 0 fully saturated rings. The van der Waals surface area contributed by atoms with E-state index in [-0.39, 0.29) is 0 Å². The van der Waals surface area contributed by atoms with Crippen molar-refractivity contribution in [3.8, 4) is 0 Å². The van der Waals surface area contributed by atoms with E-state index in [1.54, 1.807) is 0 Å². The number of allylic oxidation sites excluding steroid dienone is 2. The average molecular weight is 203 g/mol. The van der Waals surface area contributed by atoms with Crippen molar-refractivity contribution in [2.45, 2.75) is 47.1 Å². The van der Waals surface area contributed by atoms with E-state index in [0.29, 0.717) is 6.04 Å². The van der Waals surface area contributed by atoms with Gasteiger partial charge in [0, 0.05) is 6.04 Å².